The number of aliphatic hydroxyl groups is 1. The number of benzene rings is 1. The van der Waals surface area contributed by atoms with Gasteiger partial charge in [0, 0.05) is 5.56 Å². The third kappa shape index (κ3) is 5.19. The molecule has 0 aliphatic carbocycles. The van der Waals surface area contributed by atoms with Crippen molar-refractivity contribution in [2.45, 2.75) is 39.3 Å². The van der Waals surface area contributed by atoms with Crippen LogP contribution in [0.25, 0.3) is 0 Å². The van der Waals surface area contributed by atoms with Gasteiger partial charge in [0.25, 0.3) is 0 Å². The molecule has 3 nitrogen and oxygen atoms in total. The van der Waals surface area contributed by atoms with Crippen molar-refractivity contribution in [2.75, 3.05) is 0 Å². The monoisotopic (exact) mass is 313 g/mol. The van der Waals surface area contributed by atoms with Crippen LogP contribution < -0.4 is 10.5 Å². The number of para-hydroxylation sites is 1. The zero-order valence-corrected chi connectivity index (χ0v) is 12.3. The molecule has 0 bridgehead atoms. The Balaban J connectivity index is 0.00000361. The van der Waals surface area contributed by atoms with Gasteiger partial charge in [0.05, 0.1) is 12.1 Å². The number of alkyl halides is 3. The van der Waals surface area contributed by atoms with Gasteiger partial charge >= 0.3 is 6.36 Å². The van der Waals surface area contributed by atoms with Gasteiger partial charge in [0.15, 0.2) is 0 Å². The van der Waals surface area contributed by atoms with Crippen molar-refractivity contribution in [3.05, 3.63) is 29.8 Å². The summed E-state index contributed by atoms with van der Waals surface area (Å²) < 4.78 is 40.8. The zero-order valence-electron chi connectivity index (χ0n) is 11.4. The van der Waals surface area contributed by atoms with Crippen molar-refractivity contribution in [3.8, 4) is 5.75 Å². The normalized spacial score (nSPS) is 15.2. The first-order valence-electron chi connectivity index (χ1n) is 5.80. The summed E-state index contributed by atoms with van der Waals surface area (Å²) in [6.07, 6.45) is -5.78. The molecule has 0 aliphatic heterocycles. The Morgan fingerprint density at radius 1 is 1.15 bits per heavy atom. The van der Waals surface area contributed by atoms with Gasteiger partial charge in [-0.1, -0.05) is 39.0 Å². The predicted octanol–water partition coefficient (Wildman–Crippen LogP) is 3.41. The number of hydrogen-bond acceptors (Lipinski definition) is 3. The minimum atomic E-state index is -4.79. The first kappa shape index (κ1) is 19.0. The molecule has 0 amide bonds. The number of halogens is 4. The van der Waals surface area contributed by atoms with Crippen LogP contribution in [0.1, 0.15) is 32.4 Å². The Bertz CT molecular complexity index is 432. The van der Waals surface area contributed by atoms with Crippen LogP contribution in [-0.2, 0) is 0 Å². The standard InChI is InChI=1S/C13H18F3NO2.ClH/c1-12(2,3)11(18)10(17)8-6-4-5-7-9(8)19-13(14,15)16;/h4-7,10-11,18H,17H2,1-3H3;1H/t10-,11-;/m1./s1. The summed E-state index contributed by atoms with van der Waals surface area (Å²) in [5, 5.41) is 10.1. The molecule has 0 saturated heterocycles. The molecular formula is C13H19ClF3NO2. The first-order chi connectivity index (χ1) is 8.52. The lowest BCUT2D eigenvalue weighted by Gasteiger charge is -2.31. The van der Waals surface area contributed by atoms with Gasteiger partial charge < -0.3 is 15.6 Å². The predicted molar refractivity (Wildman–Crippen MR) is 72.8 cm³/mol. The minimum absolute atomic E-state index is 0. The first-order valence-corrected chi connectivity index (χ1v) is 5.80. The lowest BCUT2D eigenvalue weighted by Crippen LogP contribution is -2.37. The average molecular weight is 314 g/mol. The fraction of sp³-hybridized carbons (Fsp3) is 0.538. The molecule has 20 heavy (non-hydrogen) atoms. The number of ether oxygens (including phenoxy) is 1. The van der Waals surface area contributed by atoms with Crippen molar-refractivity contribution in [1.29, 1.82) is 0 Å². The molecule has 1 aromatic rings. The summed E-state index contributed by atoms with van der Waals surface area (Å²) in [6, 6.07) is 4.60. The summed E-state index contributed by atoms with van der Waals surface area (Å²) in [4.78, 5) is 0. The molecule has 0 heterocycles. The van der Waals surface area contributed by atoms with E-state index in [1.807, 2.05) is 0 Å². The van der Waals surface area contributed by atoms with E-state index < -0.39 is 23.9 Å². The van der Waals surface area contributed by atoms with Crippen LogP contribution in [-0.4, -0.2) is 17.6 Å². The molecule has 0 saturated carbocycles. The second-order valence-electron chi connectivity index (χ2n) is 5.42. The van der Waals surface area contributed by atoms with Crippen LogP contribution in [0.15, 0.2) is 24.3 Å². The van der Waals surface area contributed by atoms with E-state index in [9.17, 15) is 18.3 Å². The lowest BCUT2D eigenvalue weighted by atomic mass is 9.82. The van der Waals surface area contributed by atoms with Crippen molar-refractivity contribution in [1.82, 2.24) is 0 Å². The van der Waals surface area contributed by atoms with Crippen LogP contribution >= 0.6 is 12.4 Å². The Hall–Kier alpha value is -0.980. The van der Waals surface area contributed by atoms with Gasteiger partial charge in [-0.15, -0.1) is 25.6 Å². The largest absolute Gasteiger partial charge is 0.573 e. The molecule has 0 radical (unpaired) electrons. The highest BCUT2D eigenvalue weighted by Crippen LogP contribution is 2.34. The van der Waals surface area contributed by atoms with Crippen LogP contribution in [0.4, 0.5) is 13.2 Å². The summed E-state index contributed by atoms with van der Waals surface area (Å²) in [5.41, 5.74) is 5.42. The molecular weight excluding hydrogens is 295 g/mol. The molecule has 3 N–H and O–H groups in total. The van der Waals surface area contributed by atoms with E-state index in [0.717, 1.165) is 0 Å². The van der Waals surface area contributed by atoms with E-state index in [0.29, 0.717) is 0 Å². The Morgan fingerprint density at radius 3 is 2.10 bits per heavy atom. The van der Waals surface area contributed by atoms with Crippen molar-refractivity contribution in [3.63, 3.8) is 0 Å². The van der Waals surface area contributed by atoms with E-state index in [1.54, 1.807) is 26.8 Å². The van der Waals surface area contributed by atoms with E-state index in [1.165, 1.54) is 18.2 Å². The lowest BCUT2D eigenvalue weighted by molar-refractivity contribution is -0.275. The van der Waals surface area contributed by atoms with Crippen molar-refractivity contribution >= 4 is 12.4 Å². The molecule has 2 atom stereocenters. The van der Waals surface area contributed by atoms with Gasteiger partial charge in [-0.3, -0.25) is 0 Å². The van der Waals surface area contributed by atoms with Crippen LogP contribution in [0.5, 0.6) is 5.75 Å². The molecule has 1 rings (SSSR count). The maximum Gasteiger partial charge on any atom is 0.573 e. The highest BCUT2D eigenvalue weighted by atomic mass is 35.5. The van der Waals surface area contributed by atoms with Crippen LogP contribution in [0.3, 0.4) is 0 Å². The Morgan fingerprint density at radius 2 is 1.65 bits per heavy atom. The van der Waals surface area contributed by atoms with E-state index >= 15 is 0 Å². The summed E-state index contributed by atoms with van der Waals surface area (Å²) in [7, 11) is 0. The topological polar surface area (TPSA) is 55.5 Å². The molecule has 0 aromatic heterocycles. The van der Waals surface area contributed by atoms with E-state index in [2.05, 4.69) is 4.74 Å². The van der Waals surface area contributed by atoms with Crippen LogP contribution in [0.2, 0.25) is 0 Å². The van der Waals surface area contributed by atoms with Crippen molar-refractivity contribution in [2.24, 2.45) is 11.1 Å². The molecule has 1 aromatic carbocycles. The summed E-state index contributed by atoms with van der Waals surface area (Å²) in [6.45, 7) is 5.26. The van der Waals surface area contributed by atoms with Gasteiger partial charge in [0.2, 0.25) is 0 Å². The van der Waals surface area contributed by atoms with Gasteiger partial charge in [-0.2, -0.15) is 0 Å². The molecule has 0 fully saturated rings. The number of hydrogen-bond donors (Lipinski definition) is 2. The molecule has 116 valence electrons. The molecule has 0 unspecified atom stereocenters. The fourth-order valence-electron chi connectivity index (χ4n) is 1.68. The molecule has 7 heteroatoms. The smallest absolute Gasteiger partial charge is 0.405 e. The maximum atomic E-state index is 12.3. The maximum absolute atomic E-state index is 12.3. The third-order valence-electron chi connectivity index (χ3n) is 2.73. The van der Waals surface area contributed by atoms with Crippen LogP contribution in [0, 0.1) is 5.41 Å². The fourth-order valence-corrected chi connectivity index (χ4v) is 1.68. The Kier molecular flexibility index (Phi) is 6.32. The number of rotatable bonds is 3. The van der Waals surface area contributed by atoms with Gasteiger partial charge in [-0.25, -0.2) is 0 Å². The summed E-state index contributed by atoms with van der Waals surface area (Å²) in [5.74, 6) is -0.384. The zero-order chi connectivity index (χ0) is 14.8. The molecule has 0 spiro atoms. The number of nitrogens with two attached hydrogens (primary N) is 1. The van der Waals surface area contributed by atoms with E-state index in [-0.39, 0.29) is 23.7 Å². The third-order valence-corrected chi connectivity index (χ3v) is 2.73. The molecule has 0 aliphatic rings. The second kappa shape index (κ2) is 6.65. The SMILES string of the molecule is CC(C)(C)[C@H](O)[C@H](N)c1ccccc1OC(F)(F)F.Cl. The van der Waals surface area contributed by atoms with Gasteiger partial charge in [-0.05, 0) is 11.5 Å². The van der Waals surface area contributed by atoms with E-state index in [4.69, 9.17) is 5.73 Å². The van der Waals surface area contributed by atoms with Crippen molar-refractivity contribution < 1.29 is 23.0 Å². The second-order valence-corrected chi connectivity index (χ2v) is 5.42. The van der Waals surface area contributed by atoms with Gasteiger partial charge in [0.1, 0.15) is 5.75 Å². The summed E-state index contributed by atoms with van der Waals surface area (Å²) >= 11 is 0. The highest BCUT2D eigenvalue weighted by Gasteiger charge is 2.35. The minimum Gasteiger partial charge on any atom is -0.405 e. The Labute approximate surface area is 122 Å². The average Bonchev–Trinajstić information content (AvgIpc) is 2.24. The highest BCUT2D eigenvalue weighted by molar-refractivity contribution is 5.85. The quantitative estimate of drug-likeness (QED) is 0.899. The number of aliphatic hydroxyl groups excluding tert-OH is 1.